The minimum atomic E-state index is -3.96. The van der Waals surface area contributed by atoms with Gasteiger partial charge in [-0.2, -0.15) is 14.9 Å². The summed E-state index contributed by atoms with van der Waals surface area (Å²) in [6.45, 7) is 1.66. The number of hydrogen-bond donors (Lipinski definition) is 1. The quantitative estimate of drug-likeness (QED) is 0.573. The fourth-order valence-corrected chi connectivity index (χ4v) is 3.97. The number of sulfonamides is 1. The second kappa shape index (κ2) is 6.75. The Kier molecular flexibility index (Phi) is 4.25. The van der Waals surface area contributed by atoms with Gasteiger partial charge in [0, 0.05) is 11.6 Å². The van der Waals surface area contributed by atoms with E-state index in [1.807, 2.05) is 6.07 Å². The number of fused-ring (bicyclic) bond motifs is 1. The number of nitrogens with zero attached hydrogens (tertiary/aromatic N) is 5. The maximum atomic E-state index is 13.0. The Morgan fingerprint density at radius 1 is 1.07 bits per heavy atom. The molecule has 0 unspecified atom stereocenters. The van der Waals surface area contributed by atoms with Crippen molar-refractivity contribution in [2.45, 2.75) is 11.8 Å². The highest BCUT2D eigenvalue weighted by atomic mass is 32.2. The molecule has 4 rings (SSSR count). The summed E-state index contributed by atoms with van der Waals surface area (Å²) in [6, 6.07) is 17.1. The van der Waals surface area contributed by atoms with E-state index in [0.717, 1.165) is 5.39 Å². The molecular formula is C19H14N6O2S. The van der Waals surface area contributed by atoms with Gasteiger partial charge < -0.3 is 0 Å². The molecule has 28 heavy (non-hydrogen) atoms. The van der Waals surface area contributed by atoms with E-state index < -0.39 is 10.0 Å². The van der Waals surface area contributed by atoms with Crippen LogP contribution >= 0.6 is 0 Å². The lowest BCUT2D eigenvalue weighted by Gasteiger charge is -2.10. The molecule has 0 saturated carbocycles. The fourth-order valence-electron chi connectivity index (χ4n) is 2.81. The summed E-state index contributed by atoms with van der Waals surface area (Å²) >= 11 is 0. The average molecular weight is 390 g/mol. The van der Waals surface area contributed by atoms with Crippen LogP contribution in [0.2, 0.25) is 0 Å². The second-order valence-electron chi connectivity index (χ2n) is 5.99. The van der Waals surface area contributed by atoms with Gasteiger partial charge in [0.2, 0.25) is 5.95 Å². The van der Waals surface area contributed by atoms with Crippen molar-refractivity contribution < 1.29 is 8.42 Å². The van der Waals surface area contributed by atoms with Crippen LogP contribution in [0.1, 0.15) is 11.4 Å². The number of benzene rings is 2. The van der Waals surface area contributed by atoms with E-state index in [1.54, 1.807) is 61.7 Å². The Morgan fingerprint density at radius 3 is 2.57 bits per heavy atom. The molecule has 2 heterocycles. The Balaban J connectivity index is 1.77. The fraction of sp³-hybridized carbons (Fsp3) is 0.0526. The highest BCUT2D eigenvalue weighted by Crippen LogP contribution is 2.24. The van der Waals surface area contributed by atoms with Crippen LogP contribution in [0.25, 0.3) is 16.6 Å². The number of nitriles is 1. The van der Waals surface area contributed by atoms with Crippen LogP contribution in [0, 0.1) is 18.3 Å². The van der Waals surface area contributed by atoms with Crippen LogP contribution < -0.4 is 4.72 Å². The van der Waals surface area contributed by atoms with Gasteiger partial charge in [-0.1, -0.05) is 18.2 Å². The number of aryl methyl sites for hydroxylation is 1. The minimum absolute atomic E-state index is 0.0511. The molecule has 2 aromatic heterocycles. The molecule has 8 nitrogen and oxygen atoms in total. The van der Waals surface area contributed by atoms with Crippen molar-refractivity contribution in [2.24, 2.45) is 0 Å². The lowest BCUT2D eigenvalue weighted by molar-refractivity contribution is 0.601. The lowest BCUT2D eigenvalue weighted by Crippen LogP contribution is -2.17. The molecule has 0 aliphatic carbocycles. The van der Waals surface area contributed by atoms with E-state index in [1.165, 1.54) is 10.7 Å². The maximum absolute atomic E-state index is 13.0. The van der Waals surface area contributed by atoms with E-state index in [-0.39, 0.29) is 10.8 Å². The average Bonchev–Trinajstić information content (AvgIpc) is 3.07. The predicted octanol–water partition coefficient (Wildman–Crippen LogP) is 2.80. The summed E-state index contributed by atoms with van der Waals surface area (Å²) in [4.78, 5) is 8.45. The Labute approximate surface area is 161 Å². The van der Waals surface area contributed by atoms with Gasteiger partial charge >= 0.3 is 0 Å². The molecule has 0 atom stereocenters. The summed E-state index contributed by atoms with van der Waals surface area (Å²) in [5, 5.41) is 13.9. The number of anilines is 1. The van der Waals surface area contributed by atoms with Gasteiger partial charge in [-0.05, 0) is 43.3 Å². The summed E-state index contributed by atoms with van der Waals surface area (Å²) in [5.41, 5.74) is 1.44. The number of hydrogen-bond acceptors (Lipinski definition) is 6. The molecule has 0 bridgehead atoms. The largest absolute Gasteiger partial charge is 0.266 e. The molecule has 0 fully saturated rings. The highest BCUT2D eigenvalue weighted by Gasteiger charge is 2.22. The molecule has 0 saturated heterocycles. The maximum Gasteiger partial charge on any atom is 0.266 e. The number of pyridine rings is 1. The van der Waals surface area contributed by atoms with Crippen molar-refractivity contribution in [3.8, 4) is 11.8 Å². The van der Waals surface area contributed by atoms with E-state index in [2.05, 4.69) is 19.8 Å². The van der Waals surface area contributed by atoms with Crippen molar-refractivity contribution in [3.63, 3.8) is 0 Å². The van der Waals surface area contributed by atoms with Gasteiger partial charge in [0.15, 0.2) is 0 Å². The third-order valence-electron chi connectivity index (χ3n) is 4.06. The summed E-state index contributed by atoms with van der Waals surface area (Å²) in [7, 11) is -3.96. The first-order valence-corrected chi connectivity index (χ1v) is 9.77. The zero-order valence-electron chi connectivity index (χ0n) is 14.7. The van der Waals surface area contributed by atoms with Crippen molar-refractivity contribution in [1.82, 2.24) is 19.7 Å². The van der Waals surface area contributed by atoms with Gasteiger partial charge in [0.1, 0.15) is 10.7 Å². The molecule has 0 aliphatic rings. The molecule has 2 aromatic carbocycles. The van der Waals surface area contributed by atoms with Gasteiger partial charge in [-0.25, -0.2) is 13.1 Å². The van der Waals surface area contributed by atoms with Crippen molar-refractivity contribution >= 4 is 26.9 Å². The topological polar surface area (TPSA) is 114 Å². The monoisotopic (exact) mass is 390 g/mol. The zero-order valence-corrected chi connectivity index (χ0v) is 15.6. The summed E-state index contributed by atoms with van der Waals surface area (Å²) in [5.74, 6) is 0.452. The molecule has 1 N–H and O–H groups in total. The Bertz CT molecular complexity index is 1320. The molecule has 0 amide bonds. The Morgan fingerprint density at radius 2 is 1.82 bits per heavy atom. The van der Waals surface area contributed by atoms with Crippen molar-refractivity contribution in [2.75, 3.05) is 4.72 Å². The molecular weight excluding hydrogens is 376 g/mol. The van der Waals surface area contributed by atoms with Crippen LogP contribution in [-0.4, -0.2) is 28.2 Å². The molecule has 4 aromatic rings. The van der Waals surface area contributed by atoms with Crippen LogP contribution in [0.4, 0.5) is 5.95 Å². The highest BCUT2D eigenvalue weighted by molar-refractivity contribution is 7.93. The van der Waals surface area contributed by atoms with Gasteiger partial charge in [-0.15, -0.1) is 5.10 Å². The number of aromatic nitrogens is 4. The van der Waals surface area contributed by atoms with Crippen molar-refractivity contribution in [3.05, 3.63) is 72.2 Å². The standard InChI is InChI=1S/C19H14N6O2S/c1-13-22-19(25(23-13)16-9-7-14(12-20)8-10-16)24-28(26,27)17-6-2-4-15-5-3-11-21-18(15)17/h2-11H,1H3,(H,22,23,24). The first-order valence-electron chi connectivity index (χ1n) is 8.29. The molecule has 0 aliphatic heterocycles. The second-order valence-corrected chi connectivity index (χ2v) is 7.64. The van der Waals surface area contributed by atoms with Gasteiger partial charge in [0.25, 0.3) is 10.0 Å². The van der Waals surface area contributed by atoms with Gasteiger partial charge in [-0.3, -0.25) is 4.98 Å². The summed E-state index contributed by atoms with van der Waals surface area (Å²) < 4.78 is 29.9. The SMILES string of the molecule is Cc1nc(NS(=O)(=O)c2cccc3cccnc23)n(-c2ccc(C#N)cc2)n1. The summed E-state index contributed by atoms with van der Waals surface area (Å²) in [6.07, 6.45) is 1.55. The minimum Gasteiger partial charge on any atom is -0.255 e. The first kappa shape index (κ1) is 17.6. The predicted molar refractivity (Wildman–Crippen MR) is 103 cm³/mol. The van der Waals surface area contributed by atoms with Crippen LogP contribution in [-0.2, 0) is 10.0 Å². The first-order chi connectivity index (χ1) is 13.5. The van der Waals surface area contributed by atoms with E-state index >= 15 is 0 Å². The lowest BCUT2D eigenvalue weighted by atomic mass is 10.2. The zero-order chi connectivity index (χ0) is 19.7. The van der Waals surface area contributed by atoms with E-state index in [9.17, 15) is 8.42 Å². The van der Waals surface area contributed by atoms with Crippen molar-refractivity contribution in [1.29, 1.82) is 5.26 Å². The normalized spacial score (nSPS) is 11.3. The third kappa shape index (κ3) is 3.17. The number of rotatable bonds is 4. The van der Waals surface area contributed by atoms with E-state index in [4.69, 9.17) is 5.26 Å². The number of nitrogens with one attached hydrogen (secondary N) is 1. The third-order valence-corrected chi connectivity index (χ3v) is 5.42. The van der Waals surface area contributed by atoms with Gasteiger partial charge in [0.05, 0.1) is 22.8 Å². The number of para-hydroxylation sites is 1. The van der Waals surface area contributed by atoms with E-state index in [0.29, 0.717) is 22.6 Å². The molecule has 0 radical (unpaired) electrons. The van der Waals surface area contributed by atoms with Crippen LogP contribution in [0.3, 0.4) is 0 Å². The molecule has 9 heteroatoms. The smallest absolute Gasteiger partial charge is 0.255 e. The molecule has 138 valence electrons. The molecule has 0 spiro atoms. The van der Waals surface area contributed by atoms with Crippen LogP contribution in [0.5, 0.6) is 0 Å². The Hall–Kier alpha value is -3.77. The van der Waals surface area contributed by atoms with Crippen LogP contribution in [0.15, 0.2) is 65.7 Å².